The third kappa shape index (κ3) is 8.15. The summed E-state index contributed by atoms with van der Waals surface area (Å²) in [5, 5.41) is 19.3. The maximum absolute atomic E-state index is 13.5. The second-order valence-corrected chi connectivity index (χ2v) is 12.8. The van der Waals surface area contributed by atoms with Crippen LogP contribution >= 0.6 is 0 Å². The highest BCUT2D eigenvalue weighted by atomic mass is 32.2. The lowest BCUT2D eigenvalue weighted by Gasteiger charge is -2.23. The predicted octanol–water partition coefficient (Wildman–Crippen LogP) is 4.52. The van der Waals surface area contributed by atoms with Crippen LogP contribution in [-0.4, -0.2) is 61.2 Å². The van der Waals surface area contributed by atoms with Crippen LogP contribution in [0.1, 0.15) is 41.5 Å². The molecule has 0 radical (unpaired) electrons. The van der Waals surface area contributed by atoms with Gasteiger partial charge in [-0.3, -0.25) is 9.59 Å². The Morgan fingerprint density at radius 3 is 2.47 bits per heavy atom. The number of hydrogen-bond donors (Lipinski definition) is 4. The first-order chi connectivity index (χ1) is 22.5. The van der Waals surface area contributed by atoms with Crippen molar-refractivity contribution in [2.45, 2.75) is 49.6 Å². The summed E-state index contributed by atoms with van der Waals surface area (Å²) in [6.45, 7) is 2.38. The van der Waals surface area contributed by atoms with Crippen LogP contribution in [0.3, 0.4) is 0 Å². The number of carbonyl (C=O) groups excluding carboxylic acids is 2. The van der Waals surface area contributed by atoms with Crippen LogP contribution < -0.4 is 20.1 Å². The SMILES string of the molecule is COc1cc(CC(=O)N2CCCC2c2cc(CC(NS(=O)(=O)c3ccccc3)C(=O)O)no2)ccc1NC(=O)Nc1ccccc1C. The van der Waals surface area contributed by atoms with Gasteiger partial charge in [0.1, 0.15) is 11.8 Å². The van der Waals surface area contributed by atoms with E-state index in [0.29, 0.717) is 41.4 Å². The zero-order chi connectivity index (χ0) is 33.6. The summed E-state index contributed by atoms with van der Waals surface area (Å²) in [5.74, 6) is -0.749. The molecule has 13 nitrogen and oxygen atoms in total. The van der Waals surface area contributed by atoms with Crippen molar-refractivity contribution in [3.63, 3.8) is 0 Å². The predicted molar refractivity (Wildman–Crippen MR) is 173 cm³/mol. The molecule has 246 valence electrons. The molecule has 4 aromatic rings. The highest BCUT2D eigenvalue weighted by molar-refractivity contribution is 7.89. The molecule has 0 aliphatic carbocycles. The summed E-state index contributed by atoms with van der Waals surface area (Å²) >= 11 is 0. The lowest BCUT2D eigenvalue weighted by Crippen LogP contribution is -2.42. The van der Waals surface area contributed by atoms with Crippen molar-refractivity contribution in [2.75, 3.05) is 24.3 Å². The molecule has 1 aromatic heterocycles. The van der Waals surface area contributed by atoms with Gasteiger partial charge >= 0.3 is 12.0 Å². The maximum atomic E-state index is 13.5. The second kappa shape index (κ2) is 14.5. The number of methoxy groups -OCH3 is 1. The zero-order valence-corrected chi connectivity index (χ0v) is 26.6. The number of carbonyl (C=O) groups is 3. The molecule has 2 heterocycles. The normalized spacial score (nSPS) is 15.2. The van der Waals surface area contributed by atoms with E-state index >= 15 is 0 Å². The number of urea groups is 1. The van der Waals surface area contributed by atoms with Gasteiger partial charge in [0.25, 0.3) is 0 Å². The molecule has 1 aliphatic rings. The fraction of sp³-hybridized carbons (Fsp3) is 0.273. The average Bonchev–Trinajstić information content (AvgIpc) is 3.73. The van der Waals surface area contributed by atoms with Crippen molar-refractivity contribution in [3.05, 3.63) is 101 Å². The van der Waals surface area contributed by atoms with Crippen molar-refractivity contribution >= 4 is 39.3 Å². The summed E-state index contributed by atoms with van der Waals surface area (Å²) < 4.78 is 38.7. The smallest absolute Gasteiger partial charge is 0.323 e. The monoisotopic (exact) mass is 661 g/mol. The van der Waals surface area contributed by atoms with Crippen LogP contribution in [0.2, 0.25) is 0 Å². The molecule has 47 heavy (non-hydrogen) atoms. The molecule has 2 unspecified atom stereocenters. The van der Waals surface area contributed by atoms with Crippen LogP contribution in [0.4, 0.5) is 16.2 Å². The molecule has 4 N–H and O–H groups in total. The molecule has 0 saturated carbocycles. The molecule has 3 amide bonds. The molecule has 1 aliphatic heterocycles. The number of aryl methyl sites for hydroxylation is 1. The van der Waals surface area contributed by atoms with Gasteiger partial charge in [0.05, 0.1) is 35.8 Å². The number of amides is 3. The quantitative estimate of drug-likeness (QED) is 0.170. The second-order valence-electron chi connectivity index (χ2n) is 11.1. The number of nitrogens with one attached hydrogen (secondary N) is 3. The Balaban J connectivity index is 1.22. The van der Waals surface area contributed by atoms with Crippen molar-refractivity contribution in [1.29, 1.82) is 0 Å². The Morgan fingerprint density at radius 2 is 1.74 bits per heavy atom. The minimum Gasteiger partial charge on any atom is -0.495 e. The zero-order valence-electron chi connectivity index (χ0n) is 25.8. The van der Waals surface area contributed by atoms with Crippen LogP contribution in [-0.2, 0) is 32.5 Å². The molecule has 2 atom stereocenters. The number of aliphatic carboxylic acids is 1. The van der Waals surface area contributed by atoms with E-state index in [-0.39, 0.29) is 29.3 Å². The standard InChI is InChI=1S/C33H35N5O8S/c1-21-9-6-7-12-25(21)34-33(42)35-26-15-14-22(17-29(26)45-2)18-31(39)38-16-8-13-28(38)30-20-23(36-46-30)19-27(32(40)41)37-47(43,44)24-10-4-3-5-11-24/h3-7,9-12,14-15,17,20,27-28,37H,8,13,16,18-19H2,1-2H3,(H,40,41)(H2,34,35,42). The average molecular weight is 662 g/mol. The first-order valence-electron chi connectivity index (χ1n) is 14.9. The Labute approximate surface area is 272 Å². The summed E-state index contributed by atoms with van der Waals surface area (Å²) in [6, 6.07) is 19.2. The summed E-state index contributed by atoms with van der Waals surface area (Å²) in [4.78, 5) is 39.6. The van der Waals surface area contributed by atoms with Crippen molar-refractivity contribution in [1.82, 2.24) is 14.8 Å². The highest BCUT2D eigenvalue weighted by Gasteiger charge is 2.34. The minimum absolute atomic E-state index is 0.0562. The van der Waals surface area contributed by atoms with Gasteiger partial charge in [0.15, 0.2) is 5.76 Å². The van der Waals surface area contributed by atoms with Gasteiger partial charge in [-0.2, -0.15) is 4.72 Å². The molecule has 0 bridgehead atoms. The van der Waals surface area contributed by atoms with E-state index in [4.69, 9.17) is 9.26 Å². The lowest BCUT2D eigenvalue weighted by molar-refractivity contribution is -0.139. The van der Waals surface area contributed by atoms with Crippen LogP contribution in [0, 0.1) is 6.92 Å². The van der Waals surface area contributed by atoms with E-state index in [0.717, 1.165) is 12.0 Å². The van der Waals surface area contributed by atoms with E-state index in [1.54, 1.807) is 53.4 Å². The fourth-order valence-corrected chi connectivity index (χ4v) is 6.61. The number of nitrogens with zero attached hydrogens (tertiary/aromatic N) is 2. The minimum atomic E-state index is -4.09. The van der Waals surface area contributed by atoms with E-state index in [2.05, 4.69) is 20.5 Å². The van der Waals surface area contributed by atoms with E-state index < -0.39 is 34.1 Å². The maximum Gasteiger partial charge on any atom is 0.323 e. The van der Waals surface area contributed by atoms with Gasteiger partial charge in [0, 0.05) is 24.7 Å². The molecular weight excluding hydrogens is 626 g/mol. The molecular formula is C33H35N5O8S. The lowest BCUT2D eigenvalue weighted by atomic mass is 10.1. The Kier molecular flexibility index (Phi) is 10.2. The third-order valence-electron chi connectivity index (χ3n) is 7.80. The number of rotatable bonds is 12. The Morgan fingerprint density at radius 1 is 1.02 bits per heavy atom. The van der Waals surface area contributed by atoms with Crippen LogP contribution in [0.5, 0.6) is 5.75 Å². The van der Waals surface area contributed by atoms with Crippen molar-refractivity contribution in [2.24, 2.45) is 0 Å². The number of anilines is 2. The van der Waals surface area contributed by atoms with Gasteiger partial charge in [-0.05, 0) is 61.2 Å². The third-order valence-corrected chi connectivity index (χ3v) is 9.29. The molecule has 14 heteroatoms. The number of para-hydroxylation sites is 1. The first kappa shape index (κ1) is 33.2. The number of carboxylic acids is 1. The van der Waals surface area contributed by atoms with E-state index in [1.807, 2.05) is 25.1 Å². The first-order valence-corrected chi connectivity index (χ1v) is 16.4. The van der Waals surface area contributed by atoms with Crippen molar-refractivity contribution < 1.29 is 37.2 Å². The molecule has 5 rings (SSSR count). The van der Waals surface area contributed by atoms with E-state index in [1.165, 1.54) is 19.2 Å². The van der Waals surface area contributed by atoms with Crippen molar-refractivity contribution in [3.8, 4) is 5.75 Å². The molecule has 3 aromatic carbocycles. The molecule has 1 fully saturated rings. The number of aromatic nitrogens is 1. The Bertz CT molecular complexity index is 1860. The van der Waals surface area contributed by atoms with Crippen LogP contribution in [0.25, 0.3) is 0 Å². The summed E-state index contributed by atoms with van der Waals surface area (Å²) in [6.07, 6.45) is 1.15. The largest absolute Gasteiger partial charge is 0.495 e. The Hall–Kier alpha value is -5.21. The topological polar surface area (TPSA) is 180 Å². The summed E-state index contributed by atoms with van der Waals surface area (Å²) in [5.41, 5.74) is 2.95. The number of ether oxygens (including phenoxy) is 1. The summed E-state index contributed by atoms with van der Waals surface area (Å²) in [7, 11) is -2.61. The van der Waals surface area contributed by atoms with Gasteiger partial charge in [-0.1, -0.05) is 47.6 Å². The highest BCUT2D eigenvalue weighted by Crippen LogP contribution is 2.34. The van der Waals surface area contributed by atoms with Gasteiger partial charge < -0.3 is 29.9 Å². The fourth-order valence-electron chi connectivity index (χ4n) is 5.40. The number of sulfonamides is 1. The van der Waals surface area contributed by atoms with Crippen LogP contribution in [0.15, 0.2) is 88.3 Å². The van der Waals surface area contributed by atoms with Gasteiger partial charge in [0.2, 0.25) is 15.9 Å². The van der Waals surface area contributed by atoms with Gasteiger partial charge in [-0.15, -0.1) is 0 Å². The number of likely N-dealkylation sites (tertiary alicyclic amines) is 1. The van der Waals surface area contributed by atoms with E-state index in [9.17, 15) is 27.9 Å². The number of carboxylic acid groups (broad SMARTS) is 1. The van der Waals surface area contributed by atoms with Gasteiger partial charge in [-0.25, -0.2) is 13.2 Å². The molecule has 1 saturated heterocycles. The molecule has 0 spiro atoms. The number of hydrogen-bond acceptors (Lipinski definition) is 8. The number of benzene rings is 3.